The van der Waals surface area contributed by atoms with E-state index < -0.39 is 0 Å². The lowest BCUT2D eigenvalue weighted by atomic mass is 9.82. The van der Waals surface area contributed by atoms with E-state index in [0.717, 1.165) is 16.7 Å². The predicted octanol–water partition coefficient (Wildman–Crippen LogP) is 4.25. The number of carbonyl (C=O) groups excluding carboxylic acids is 1. The zero-order valence-electron chi connectivity index (χ0n) is 10.4. The summed E-state index contributed by atoms with van der Waals surface area (Å²) >= 11 is 0. The average molecular weight is 244 g/mol. The molecule has 1 aliphatic carbocycles. The standard InChI is InChI=1S/C18H12O/c19-17-11-13-6-2-4-8-15(13)18-14-7-3-1-5-12(14)9-10-16(17)18/h1-10H,11H2. The van der Waals surface area contributed by atoms with Crippen LogP contribution >= 0.6 is 0 Å². The second kappa shape index (κ2) is 3.79. The smallest absolute Gasteiger partial charge is 0.167 e. The van der Waals surface area contributed by atoms with Crippen LogP contribution in [0.15, 0.2) is 60.7 Å². The lowest BCUT2D eigenvalue weighted by Gasteiger charge is -2.20. The molecule has 0 amide bonds. The lowest BCUT2D eigenvalue weighted by Crippen LogP contribution is -2.12. The molecule has 0 spiro atoms. The van der Waals surface area contributed by atoms with Crippen LogP contribution in [0.1, 0.15) is 15.9 Å². The van der Waals surface area contributed by atoms with Gasteiger partial charge in [-0.05, 0) is 21.9 Å². The summed E-state index contributed by atoms with van der Waals surface area (Å²) in [6, 6.07) is 20.5. The molecule has 0 N–H and O–H groups in total. The van der Waals surface area contributed by atoms with Gasteiger partial charge in [-0.15, -0.1) is 0 Å². The van der Waals surface area contributed by atoms with E-state index in [2.05, 4.69) is 24.3 Å². The monoisotopic (exact) mass is 244 g/mol. The summed E-state index contributed by atoms with van der Waals surface area (Å²) in [6.07, 6.45) is 0.515. The molecule has 0 aliphatic heterocycles. The molecule has 0 unspecified atom stereocenters. The van der Waals surface area contributed by atoms with E-state index in [-0.39, 0.29) is 5.78 Å². The van der Waals surface area contributed by atoms with Crippen molar-refractivity contribution < 1.29 is 4.79 Å². The van der Waals surface area contributed by atoms with E-state index in [9.17, 15) is 4.79 Å². The quantitative estimate of drug-likeness (QED) is 0.578. The van der Waals surface area contributed by atoms with Gasteiger partial charge in [-0.25, -0.2) is 0 Å². The number of Topliss-reactive ketones (excluding diaryl/α,β-unsaturated/α-hetero) is 1. The van der Waals surface area contributed by atoms with Crippen molar-refractivity contribution in [1.82, 2.24) is 0 Å². The number of hydrogen-bond acceptors (Lipinski definition) is 1. The molecule has 3 aromatic rings. The van der Waals surface area contributed by atoms with Crippen molar-refractivity contribution in [3.63, 3.8) is 0 Å². The molecule has 0 heterocycles. The Kier molecular flexibility index (Phi) is 2.10. The molecular formula is C18H12O. The van der Waals surface area contributed by atoms with Gasteiger partial charge in [-0.1, -0.05) is 60.7 Å². The second-order valence-electron chi connectivity index (χ2n) is 4.97. The number of fused-ring (bicyclic) bond motifs is 5. The minimum absolute atomic E-state index is 0.222. The van der Waals surface area contributed by atoms with Crippen LogP contribution in [-0.4, -0.2) is 5.78 Å². The molecule has 90 valence electrons. The van der Waals surface area contributed by atoms with Crippen LogP contribution in [0, 0.1) is 0 Å². The van der Waals surface area contributed by atoms with E-state index in [1.54, 1.807) is 0 Å². The molecule has 0 saturated heterocycles. The van der Waals surface area contributed by atoms with Crippen molar-refractivity contribution in [1.29, 1.82) is 0 Å². The molecule has 1 aliphatic rings. The lowest BCUT2D eigenvalue weighted by molar-refractivity contribution is 0.0992. The number of carbonyl (C=O) groups is 1. The normalized spacial score (nSPS) is 13.2. The van der Waals surface area contributed by atoms with E-state index >= 15 is 0 Å². The maximum Gasteiger partial charge on any atom is 0.167 e. The highest BCUT2D eigenvalue weighted by molar-refractivity contribution is 6.14. The highest BCUT2D eigenvalue weighted by Gasteiger charge is 2.23. The van der Waals surface area contributed by atoms with Crippen LogP contribution in [0.25, 0.3) is 21.9 Å². The van der Waals surface area contributed by atoms with Crippen molar-refractivity contribution in [2.45, 2.75) is 6.42 Å². The second-order valence-corrected chi connectivity index (χ2v) is 4.97. The fraction of sp³-hybridized carbons (Fsp3) is 0.0556. The number of benzene rings is 3. The first-order valence-electron chi connectivity index (χ1n) is 6.48. The topological polar surface area (TPSA) is 17.1 Å². The summed E-state index contributed by atoms with van der Waals surface area (Å²) in [5.74, 6) is 0.222. The van der Waals surface area contributed by atoms with Gasteiger partial charge >= 0.3 is 0 Å². The van der Waals surface area contributed by atoms with Crippen molar-refractivity contribution in [2.24, 2.45) is 0 Å². The Morgan fingerprint density at radius 1 is 0.737 bits per heavy atom. The van der Waals surface area contributed by atoms with E-state index in [4.69, 9.17) is 0 Å². The zero-order chi connectivity index (χ0) is 12.8. The number of ketones is 1. The fourth-order valence-corrected chi connectivity index (χ4v) is 2.98. The Hall–Kier alpha value is -2.41. The van der Waals surface area contributed by atoms with Gasteiger partial charge in [0, 0.05) is 17.5 Å². The van der Waals surface area contributed by atoms with Crippen LogP contribution < -0.4 is 0 Å². The third-order valence-electron chi connectivity index (χ3n) is 3.87. The summed E-state index contributed by atoms with van der Waals surface area (Å²) in [6.45, 7) is 0. The summed E-state index contributed by atoms with van der Waals surface area (Å²) < 4.78 is 0. The Morgan fingerprint density at radius 2 is 1.53 bits per heavy atom. The third-order valence-corrected chi connectivity index (χ3v) is 3.87. The maximum atomic E-state index is 12.3. The molecule has 1 nitrogen and oxygen atoms in total. The fourth-order valence-electron chi connectivity index (χ4n) is 2.98. The maximum absolute atomic E-state index is 12.3. The van der Waals surface area contributed by atoms with Crippen LogP contribution in [-0.2, 0) is 6.42 Å². The molecule has 0 aromatic heterocycles. The van der Waals surface area contributed by atoms with E-state index in [0.29, 0.717) is 6.42 Å². The van der Waals surface area contributed by atoms with Gasteiger partial charge < -0.3 is 0 Å². The first kappa shape index (κ1) is 10.5. The summed E-state index contributed by atoms with van der Waals surface area (Å²) in [5.41, 5.74) is 4.30. The van der Waals surface area contributed by atoms with E-state index in [1.165, 1.54) is 16.3 Å². The van der Waals surface area contributed by atoms with Crippen LogP contribution in [0.5, 0.6) is 0 Å². The SMILES string of the molecule is O=C1Cc2ccccc2-c2c1ccc1ccccc21. The Balaban J connectivity index is 2.19. The van der Waals surface area contributed by atoms with Gasteiger partial charge in [-0.3, -0.25) is 4.79 Å². The number of hydrogen-bond donors (Lipinski definition) is 0. The summed E-state index contributed by atoms with van der Waals surface area (Å²) in [7, 11) is 0. The minimum atomic E-state index is 0.222. The predicted molar refractivity (Wildman–Crippen MR) is 77.4 cm³/mol. The minimum Gasteiger partial charge on any atom is -0.294 e. The Labute approximate surface area is 111 Å². The number of rotatable bonds is 0. The largest absolute Gasteiger partial charge is 0.294 e. The van der Waals surface area contributed by atoms with Crippen LogP contribution in [0.2, 0.25) is 0 Å². The van der Waals surface area contributed by atoms with Crippen LogP contribution in [0.4, 0.5) is 0 Å². The molecule has 3 aromatic carbocycles. The van der Waals surface area contributed by atoms with Gasteiger partial charge in [0.15, 0.2) is 5.78 Å². The Morgan fingerprint density at radius 3 is 2.47 bits per heavy atom. The third kappa shape index (κ3) is 1.45. The highest BCUT2D eigenvalue weighted by Crippen LogP contribution is 2.38. The molecule has 0 atom stereocenters. The molecule has 0 radical (unpaired) electrons. The molecule has 19 heavy (non-hydrogen) atoms. The van der Waals surface area contributed by atoms with Gasteiger partial charge in [0.1, 0.15) is 0 Å². The molecule has 0 bridgehead atoms. The van der Waals surface area contributed by atoms with E-state index in [1.807, 2.05) is 36.4 Å². The van der Waals surface area contributed by atoms with Crippen molar-refractivity contribution in [2.75, 3.05) is 0 Å². The van der Waals surface area contributed by atoms with Gasteiger partial charge in [-0.2, -0.15) is 0 Å². The van der Waals surface area contributed by atoms with Crippen molar-refractivity contribution in [3.8, 4) is 11.1 Å². The zero-order valence-corrected chi connectivity index (χ0v) is 10.4. The molecule has 4 rings (SSSR count). The molecule has 0 fully saturated rings. The summed E-state index contributed by atoms with van der Waals surface area (Å²) in [5, 5.41) is 2.35. The van der Waals surface area contributed by atoms with Crippen molar-refractivity contribution in [3.05, 3.63) is 71.8 Å². The summed E-state index contributed by atoms with van der Waals surface area (Å²) in [4.78, 5) is 12.3. The highest BCUT2D eigenvalue weighted by atomic mass is 16.1. The first-order valence-corrected chi connectivity index (χ1v) is 6.48. The van der Waals surface area contributed by atoms with Gasteiger partial charge in [0.2, 0.25) is 0 Å². The van der Waals surface area contributed by atoms with Gasteiger partial charge in [0.25, 0.3) is 0 Å². The first-order chi connectivity index (χ1) is 9.34. The van der Waals surface area contributed by atoms with Gasteiger partial charge in [0.05, 0.1) is 0 Å². The van der Waals surface area contributed by atoms with Crippen molar-refractivity contribution >= 4 is 16.6 Å². The average Bonchev–Trinajstić information content (AvgIpc) is 2.47. The molecule has 0 saturated carbocycles. The molecule has 1 heteroatoms. The Bertz CT molecular complexity index is 815. The van der Waals surface area contributed by atoms with Crippen LogP contribution in [0.3, 0.4) is 0 Å². The molecular weight excluding hydrogens is 232 g/mol.